The summed E-state index contributed by atoms with van der Waals surface area (Å²) in [7, 11) is 1.32. The van der Waals surface area contributed by atoms with E-state index in [0.717, 1.165) is 11.6 Å². The second kappa shape index (κ2) is 7.33. The highest BCUT2D eigenvalue weighted by Gasteiger charge is 2.40. The molecule has 2 aromatic rings. The number of hydrogen-bond acceptors (Lipinski definition) is 3. The molecule has 0 radical (unpaired) electrons. The van der Waals surface area contributed by atoms with Crippen molar-refractivity contribution in [3.63, 3.8) is 0 Å². The lowest BCUT2D eigenvalue weighted by Crippen LogP contribution is -2.30. The van der Waals surface area contributed by atoms with Gasteiger partial charge in [0.25, 0.3) is 5.91 Å². The second-order valence-corrected chi connectivity index (χ2v) is 6.60. The molecule has 1 fully saturated rings. The molecule has 1 amide bonds. The quantitative estimate of drug-likeness (QED) is 0.886. The average Bonchev–Trinajstić information content (AvgIpc) is 3.08. The lowest BCUT2D eigenvalue weighted by Gasteiger charge is -2.17. The molecule has 0 spiro atoms. The van der Waals surface area contributed by atoms with Crippen LogP contribution in [0.1, 0.15) is 21.8 Å². The van der Waals surface area contributed by atoms with Crippen LogP contribution in [0.25, 0.3) is 0 Å². The Morgan fingerprint density at radius 3 is 2.50 bits per heavy atom. The number of halogens is 2. The van der Waals surface area contributed by atoms with Crippen molar-refractivity contribution in [3.05, 3.63) is 64.4 Å². The number of benzene rings is 2. The molecule has 26 heavy (non-hydrogen) atoms. The number of carboxylic acid groups (broad SMARTS) is 1. The van der Waals surface area contributed by atoms with Gasteiger partial charge in [-0.25, -0.2) is 4.39 Å². The molecule has 0 aliphatic carbocycles. The van der Waals surface area contributed by atoms with Gasteiger partial charge in [-0.05, 0) is 35.9 Å². The van der Waals surface area contributed by atoms with E-state index < -0.39 is 17.7 Å². The predicted molar refractivity (Wildman–Crippen MR) is 94.2 cm³/mol. The zero-order valence-electron chi connectivity index (χ0n) is 14.0. The van der Waals surface area contributed by atoms with Crippen LogP contribution in [-0.4, -0.2) is 42.1 Å². The average molecular weight is 378 g/mol. The number of aliphatic carboxylic acids is 1. The Kier molecular flexibility index (Phi) is 5.13. The number of rotatable bonds is 4. The molecule has 7 heteroatoms. The molecule has 0 bridgehead atoms. The van der Waals surface area contributed by atoms with Crippen molar-refractivity contribution in [1.29, 1.82) is 0 Å². The van der Waals surface area contributed by atoms with Gasteiger partial charge in [0.05, 0.1) is 13.0 Å². The molecule has 0 unspecified atom stereocenters. The first kappa shape index (κ1) is 18.2. The Hall–Kier alpha value is -2.60. The van der Waals surface area contributed by atoms with Crippen LogP contribution in [0.3, 0.4) is 0 Å². The monoisotopic (exact) mass is 377 g/mol. The van der Waals surface area contributed by atoms with Gasteiger partial charge in [0.15, 0.2) is 11.6 Å². The van der Waals surface area contributed by atoms with Gasteiger partial charge in [-0.3, -0.25) is 9.59 Å². The highest BCUT2D eigenvalue weighted by atomic mass is 35.5. The Balaban J connectivity index is 1.86. The Morgan fingerprint density at radius 1 is 1.19 bits per heavy atom. The lowest BCUT2D eigenvalue weighted by atomic mass is 9.89. The fourth-order valence-corrected chi connectivity index (χ4v) is 3.37. The summed E-state index contributed by atoms with van der Waals surface area (Å²) in [6.45, 7) is 0.346. The molecule has 0 saturated carbocycles. The lowest BCUT2D eigenvalue weighted by molar-refractivity contribution is -0.141. The van der Waals surface area contributed by atoms with Gasteiger partial charge in [0.1, 0.15) is 0 Å². The van der Waals surface area contributed by atoms with E-state index in [-0.39, 0.29) is 36.2 Å². The highest BCUT2D eigenvalue weighted by molar-refractivity contribution is 6.30. The smallest absolute Gasteiger partial charge is 0.308 e. The number of ether oxygens (including phenoxy) is 1. The minimum absolute atomic E-state index is 0.0286. The van der Waals surface area contributed by atoms with Crippen molar-refractivity contribution in [2.75, 3.05) is 20.2 Å². The van der Waals surface area contributed by atoms with Gasteiger partial charge in [-0.1, -0.05) is 23.7 Å². The number of carbonyl (C=O) groups is 2. The minimum Gasteiger partial charge on any atom is -0.494 e. The molecule has 1 aliphatic rings. The van der Waals surface area contributed by atoms with Gasteiger partial charge >= 0.3 is 5.97 Å². The first-order valence-electron chi connectivity index (χ1n) is 8.01. The van der Waals surface area contributed by atoms with Gasteiger partial charge in [0.2, 0.25) is 0 Å². The summed E-state index contributed by atoms with van der Waals surface area (Å²) >= 11 is 5.89. The van der Waals surface area contributed by atoms with Crippen molar-refractivity contribution in [3.8, 4) is 5.75 Å². The third kappa shape index (κ3) is 3.51. The molecule has 5 nitrogen and oxygen atoms in total. The van der Waals surface area contributed by atoms with Crippen molar-refractivity contribution < 1.29 is 23.8 Å². The molecule has 3 rings (SSSR count). The van der Waals surface area contributed by atoms with Crippen LogP contribution in [-0.2, 0) is 4.79 Å². The molecular weight excluding hydrogens is 361 g/mol. The molecular formula is C19H17ClFNO4. The maximum Gasteiger partial charge on any atom is 0.308 e. The summed E-state index contributed by atoms with van der Waals surface area (Å²) in [6, 6.07) is 10.8. The SMILES string of the molecule is COc1cc(C(=O)N2C[C@@H](C(=O)O)[C@H](c3ccc(Cl)cc3)C2)ccc1F. The summed E-state index contributed by atoms with van der Waals surface area (Å²) in [5.74, 6) is -2.96. The van der Waals surface area contributed by atoms with Crippen LogP contribution in [0.15, 0.2) is 42.5 Å². The first-order valence-corrected chi connectivity index (χ1v) is 8.39. The van der Waals surface area contributed by atoms with Gasteiger partial charge < -0.3 is 14.7 Å². The number of nitrogens with zero attached hydrogens (tertiary/aromatic N) is 1. The summed E-state index contributed by atoms with van der Waals surface area (Å²) < 4.78 is 18.5. The molecule has 1 aliphatic heterocycles. The van der Waals surface area contributed by atoms with Crippen LogP contribution in [0.2, 0.25) is 5.02 Å². The second-order valence-electron chi connectivity index (χ2n) is 6.16. The topological polar surface area (TPSA) is 66.8 Å². The van der Waals surface area contributed by atoms with Crippen LogP contribution < -0.4 is 4.74 Å². The van der Waals surface area contributed by atoms with E-state index in [9.17, 15) is 19.1 Å². The maximum atomic E-state index is 13.6. The predicted octanol–water partition coefficient (Wildman–Crippen LogP) is 3.43. The van der Waals surface area contributed by atoms with E-state index in [1.165, 1.54) is 24.1 Å². The molecule has 1 N–H and O–H groups in total. The van der Waals surface area contributed by atoms with Gasteiger partial charge in [-0.2, -0.15) is 0 Å². The molecule has 0 aromatic heterocycles. The largest absolute Gasteiger partial charge is 0.494 e. The number of likely N-dealkylation sites (tertiary alicyclic amines) is 1. The van der Waals surface area contributed by atoms with Gasteiger partial charge in [-0.15, -0.1) is 0 Å². The maximum absolute atomic E-state index is 13.6. The highest BCUT2D eigenvalue weighted by Crippen LogP contribution is 2.34. The zero-order valence-corrected chi connectivity index (χ0v) is 14.7. The molecule has 2 aromatic carbocycles. The zero-order chi connectivity index (χ0) is 18.8. The molecule has 136 valence electrons. The molecule has 1 saturated heterocycles. The Bertz CT molecular complexity index is 840. The summed E-state index contributed by atoms with van der Waals surface area (Å²) in [4.78, 5) is 25.9. The van der Waals surface area contributed by atoms with E-state index in [0.29, 0.717) is 5.02 Å². The van der Waals surface area contributed by atoms with Crippen LogP contribution in [0, 0.1) is 11.7 Å². The third-order valence-corrected chi connectivity index (χ3v) is 4.87. The van der Waals surface area contributed by atoms with Crippen LogP contribution in [0.5, 0.6) is 5.75 Å². The van der Waals surface area contributed by atoms with Crippen molar-refractivity contribution >= 4 is 23.5 Å². The van der Waals surface area contributed by atoms with Crippen LogP contribution >= 0.6 is 11.6 Å². The van der Waals surface area contributed by atoms with E-state index in [2.05, 4.69) is 0 Å². The summed E-state index contributed by atoms with van der Waals surface area (Å²) in [6.07, 6.45) is 0. The number of amides is 1. The van der Waals surface area contributed by atoms with Crippen molar-refractivity contribution in [2.24, 2.45) is 5.92 Å². The normalized spacial score (nSPS) is 19.4. The van der Waals surface area contributed by atoms with Crippen LogP contribution in [0.4, 0.5) is 4.39 Å². The van der Waals surface area contributed by atoms with Crippen molar-refractivity contribution in [1.82, 2.24) is 4.90 Å². The van der Waals surface area contributed by atoms with Gasteiger partial charge in [0, 0.05) is 29.6 Å². The number of carbonyl (C=O) groups excluding carboxylic acids is 1. The van der Waals surface area contributed by atoms with E-state index in [1.807, 2.05) is 0 Å². The van der Waals surface area contributed by atoms with E-state index in [1.54, 1.807) is 24.3 Å². The Labute approximate surface area is 154 Å². The standard InChI is InChI=1S/C19H17ClFNO4/c1-26-17-8-12(4-7-16(17)21)18(23)22-9-14(15(10-22)19(24)25)11-2-5-13(20)6-3-11/h2-8,14-15H,9-10H2,1H3,(H,24,25)/t14-,15+/m0/s1. The minimum atomic E-state index is -0.961. The number of hydrogen-bond donors (Lipinski definition) is 1. The number of carboxylic acids is 1. The first-order chi connectivity index (χ1) is 12.4. The molecule has 2 atom stereocenters. The molecule has 1 heterocycles. The fraction of sp³-hybridized carbons (Fsp3) is 0.263. The number of methoxy groups -OCH3 is 1. The Morgan fingerprint density at radius 2 is 1.88 bits per heavy atom. The summed E-state index contributed by atoms with van der Waals surface area (Å²) in [5.41, 5.74) is 1.07. The fourth-order valence-electron chi connectivity index (χ4n) is 3.24. The third-order valence-electron chi connectivity index (χ3n) is 4.62. The van der Waals surface area contributed by atoms with Crippen molar-refractivity contribution in [2.45, 2.75) is 5.92 Å². The van der Waals surface area contributed by atoms with E-state index >= 15 is 0 Å². The summed E-state index contributed by atoms with van der Waals surface area (Å²) in [5, 5.41) is 10.1. The van der Waals surface area contributed by atoms with E-state index in [4.69, 9.17) is 16.3 Å².